The van der Waals surface area contributed by atoms with Crippen LogP contribution in [0.3, 0.4) is 0 Å². The normalized spacial score (nSPS) is 15.3. The summed E-state index contributed by atoms with van der Waals surface area (Å²) in [7, 11) is 0. The van der Waals surface area contributed by atoms with Gasteiger partial charge in [0.1, 0.15) is 11.2 Å². The molecule has 11 nitrogen and oxygen atoms in total. The summed E-state index contributed by atoms with van der Waals surface area (Å²) in [5.41, 5.74) is 3.74. The third kappa shape index (κ3) is 3.69. The molecule has 2 amide bonds. The summed E-state index contributed by atoms with van der Waals surface area (Å²) < 4.78 is 3.27. The first-order valence-corrected chi connectivity index (χ1v) is 11.7. The predicted octanol–water partition coefficient (Wildman–Crippen LogP) is 1.92. The molecule has 2 aliphatic heterocycles. The molecule has 0 bridgehead atoms. The number of nitrogens with zero attached hydrogens (tertiary/aromatic N) is 6. The molecule has 1 saturated heterocycles. The zero-order valence-corrected chi connectivity index (χ0v) is 19.3. The molecule has 2 aliphatic rings. The fraction of sp³-hybridized carbons (Fsp3) is 0.292. The largest absolute Gasteiger partial charge is 0.336 e. The molecule has 0 aliphatic carbocycles. The minimum Gasteiger partial charge on any atom is -0.336 e. The molecule has 11 heteroatoms. The van der Waals surface area contributed by atoms with Crippen molar-refractivity contribution in [1.29, 1.82) is 0 Å². The molecule has 178 valence electrons. The van der Waals surface area contributed by atoms with E-state index >= 15 is 0 Å². The van der Waals surface area contributed by atoms with Crippen molar-refractivity contribution >= 4 is 34.5 Å². The first-order valence-electron chi connectivity index (χ1n) is 11.7. The number of fused-ring (bicyclic) bond motifs is 2. The molecule has 0 atom stereocenters. The fourth-order valence-electron chi connectivity index (χ4n) is 4.66. The van der Waals surface area contributed by atoms with Crippen LogP contribution < -0.4 is 26.4 Å². The molecule has 5 heterocycles. The third-order valence-electron chi connectivity index (χ3n) is 6.39. The quantitative estimate of drug-likeness (QED) is 0.406. The van der Waals surface area contributed by atoms with Crippen LogP contribution in [-0.2, 0) is 19.5 Å². The Labute approximate surface area is 200 Å². The average Bonchev–Trinajstić information content (AvgIpc) is 3.44. The van der Waals surface area contributed by atoms with Crippen molar-refractivity contribution in [2.24, 2.45) is 0 Å². The maximum atomic E-state index is 13.1. The van der Waals surface area contributed by atoms with E-state index in [4.69, 9.17) is 4.98 Å². The van der Waals surface area contributed by atoms with E-state index in [1.54, 1.807) is 32.6 Å². The van der Waals surface area contributed by atoms with E-state index < -0.39 is 0 Å². The number of hydrogen-bond acceptors (Lipinski definition) is 7. The second-order valence-corrected chi connectivity index (χ2v) is 8.54. The van der Waals surface area contributed by atoms with Crippen molar-refractivity contribution in [2.45, 2.75) is 26.4 Å². The molecule has 35 heavy (non-hydrogen) atoms. The first-order chi connectivity index (χ1) is 17.1. The number of aromatic nitrogens is 5. The van der Waals surface area contributed by atoms with Gasteiger partial charge in [-0.1, -0.05) is 12.1 Å². The number of hydrogen-bond donors (Lipinski definition) is 3. The molecule has 0 radical (unpaired) electrons. The van der Waals surface area contributed by atoms with Crippen molar-refractivity contribution in [3.8, 4) is 5.82 Å². The SMILES string of the molecule is CCn1c(=O)c2cnc(Nc3ccc4c(c3)CNCC4)nc2n1-c1cccc(N2CCNC2=O)n1. The predicted molar refractivity (Wildman–Crippen MR) is 132 cm³/mol. The molecule has 0 unspecified atom stereocenters. The second kappa shape index (κ2) is 8.51. The Balaban J connectivity index is 1.42. The maximum Gasteiger partial charge on any atom is 0.323 e. The number of amides is 2. The van der Waals surface area contributed by atoms with Gasteiger partial charge in [0.05, 0.1) is 0 Å². The van der Waals surface area contributed by atoms with Gasteiger partial charge in [0.15, 0.2) is 11.5 Å². The standard InChI is InChI=1S/C24H25N9O2/c1-2-32-22(34)18-14-27-23(28-17-7-6-15-8-9-25-13-16(15)12-17)30-21(18)33(32)20-5-3-4-19(29-20)31-11-10-26-24(31)35/h3-7,12,14,25H,2,8-11,13H2,1H3,(H,26,35)(H,27,28,30). The van der Waals surface area contributed by atoms with Gasteiger partial charge >= 0.3 is 6.03 Å². The highest BCUT2D eigenvalue weighted by Crippen LogP contribution is 2.23. The van der Waals surface area contributed by atoms with Crippen molar-refractivity contribution in [3.63, 3.8) is 0 Å². The Hall–Kier alpha value is -4.25. The lowest BCUT2D eigenvalue weighted by Crippen LogP contribution is -2.29. The van der Waals surface area contributed by atoms with Crippen LogP contribution in [0.1, 0.15) is 18.1 Å². The number of urea groups is 1. The summed E-state index contributed by atoms with van der Waals surface area (Å²) in [6, 6.07) is 11.5. The summed E-state index contributed by atoms with van der Waals surface area (Å²) in [6.07, 6.45) is 2.56. The molecule has 1 aromatic carbocycles. The lowest BCUT2D eigenvalue weighted by molar-refractivity contribution is 0.252. The summed E-state index contributed by atoms with van der Waals surface area (Å²) in [4.78, 5) is 40.6. The fourth-order valence-corrected chi connectivity index (χ4v) is 4.66. The molecule has 3 aromatic heterocycles. The van der Waals surface area contributed by atoms with Crippen molar-refractivity contribution in [2.75, 3.05) is 29.9 Å². The topological polar surface area (TPSA) is 122 Å². The number of rotatable bonds is 5. The third-order valence-corrected chi connectivity index (χ3v) is 6.39. The van der Waals surface area contributed by atoms with Crippen molar-refractivity contribution < 1.29 is 4.79 Å². The lowest BCUT2D eigenvalue weighted by atomic mass is 10.0. The summed E-state index contributed by atoms with van der Waals surface area (Å²) >= 11 is 0. The highest BCUT2D eigenvalue weighted by atomic mass is 16.2. The Bertz CT molecular complexity index is 1510. The molecule has 0 saturated carbocycles. The van der Waals surface area contributed by atoms with E-state index in [0.29, 0.717) is 48.3 Å². The van der Waals surface area contributed by atoms with Crippen LogP contribution in [-0.4, -0.2) is 50.0 Å². The number of nitrogens with one attached hydrogen (secondary N) is 3. The first kappa shape index (κ1) is 21.3. The Morgan fingerprint density at radius 2 is 1.94 bits per heavy atom. The highest BCUT2D eigenvalue weighted by Gasteiger charge is 2.24. The van der Waals surface area contributed by atoms with Crippen LogP contribution in [0.2, 0.25) is 0 Å². The molecular weight excluding hydrogens is 446 g/mol. The summed E-state index contributed by atoms with van der Waals surface area (Å²) in [6.45, 7) is 5.24. The number of anilines is 3. The molecule has 6 rings (SSSR count). The van der Waals surface area contributed by atoms with E-state index in [0.717, 1.165) is 25.2 Å². The monoisotopic (exact) mass is 471 g/mol. The van der Waals surface area contributed by atoms with Gasteiger partial charge in [-0.25, -0.2) is 24.1 Å². The van der Waals surface area contributed by atoms with Crippen LogP contribution in [0.15, 0.2) is 47.4 Å². The Kier molecular flexibility index (Phi) is 5.18. The Morgan fingerprint density at radius 1 is 1.06 bits per heavy atom. The van der Waals surface area contributed by atoms with E-state index in [1.165, 1.54) is 11.1 Å². The van der Waals surface area contributed by atoms with Gasteiger partial charge in [-0.05, 0) is 55.3 Å². The van der Waals surface area contributed by atoms with Crippen LogP contribution in [0.4, 0.5) is 22.2 Å². The number of benzene rings is 1. The molecule has 3 N–H and O–H groups in total. The zero-order valence-electron chi connectivity index (χ0n) is 19.3. The van der Waals surface area contributed by atoms with Crippen molar-refractivity contribution in [1.82, 2.24) is 34.9 Å². The van der Waals surface area contributed by atoms with Gasteiger partial charge in [-0.3, -0.25) is 9.69 Å². The molecule has 1 fully saturated rings. The van der Waals surface area contributed by atoms with Gasteiger partial charge < -0.3 is 16.0 Å². The van der Waals surface area contributed by atoms with Crippen LogP contribution >= 0.6 is 0 Å². The van der Waals surface area contributed by atoms with Gasteiger partial charge in [0, 0.05) is 38.1 Å². The van der Waals surface area contributed by atoms with Crippen LogP contribution in [0.25, 0.3) is 16.9 Å². The molecule has 4 aromatic rings. The highest BCUT2D eigenvalue weighted by molar-refractivity contribution is 5.93. The van der Waals surface area contributed by atoms with E-state index in [-0.39, 0.29) is 11.6 Å². The van der Waals surface area contributed by atoms with E-state index in [2.05, 4.69) is 38.1 Å². The van der Waals surface area contributed by atoms with Gasteiger partial charge in [0.25, 0.3) is 5.56 Å². The average molecular weight is 472 g/mol. The van der Waals surface area contributed by atoms with Crippen LogP contribution in [0.5, 0.6) is 0 Å². The number of carbonyl (C=O) groups is 1. The smallest absolute Gasteiger partial charge is 0.323 e. The lowest BCUT2D eigenvalue weighted by Gasteiger charge is -2.18. The number of carbonyl (C=O) groups excluding carboxylic acids is 1. The van der Waals surface area contributed by atoms with E-state index in [1.807, 2.05) is 19.1 Å². The molecular formula is C24H25N9O2. The Morgan fingerprint density at radius 3 is 2.77 bits per heavy atom. The van der Waals surface area contributed by atoms with E-state index in [9.17, 15) is 9.59 Å². The van der Waals surface area contributed by atoms with Gasteiger partial charge in [-0.15, -0.1) is 0 Å². The minimum atomic E-state index is -0.194. The molecule has 0 spiro atoms. The minimum absolute atomic E-state index is 0.186. The van der Waals surface area contributed by atoms with Gasteiger partial charge in [0.2, 0.25) is 5.95 Å². The summed E-state index contributed by atoms with van der Waals surface area (Å²) in [5, 5.41) is 9.85. The second-order valence-electron chi connectivity index (χ2n) is 8.54. The summed E-state index contributed by atoms with van der Waals surface area (Å²) in [5.74, 6) is 1.41. The zero-order chi connectivity index (χ0) is 23.9. The maximum absolute atomic E-state index is 13.1. The van der Waals surface area contributed by atoms with Crippen molar-refractivity contribution in [3.05, 3.63) is 64.1 Å². The number of pyridine rings is 1. The van der Waals surface area contributed by atoms with Gasteiger partial charge in [-0.2, -0.15) is 4.98 Å². The van der Waals surface area contributed by atoms with Crippen LogP contribution in [0, 0.1) is 0 Å².